The Bertz CT molecular complexity index is 890. The van der Waals surface area contributed by atoms with Gasteiger partial charge in [-0.05, 0) is 60.7 Å². The van der Waals surface area contributed by atoms with Gasteiger partial charge in [0.05, 0.1) is 12.6 Å². The number of nitrogens with zero attached hydrogens (tertiary/aromatic N) is 2. The monoisotopic (exact) mass is 412 g/mol. The molecule has 2 aromatic rings. The summed E-state index contributed by atoms with van der Waals surface area (Å²) < 4.78 is 6.14. The number of rotatable bonds is 7. The zero-order valence-electron chi connectivity index (χ0n) is 17.1. The summed E-state index contributed by atoms with van der Waals surface area (Å²) in [7, 11) is 0. The maximum absolute atomic E-state index is 13.2. The van der Waals surface area contributed by atoms with Crippen LogP contribution >= 0.6 is 11.3 Å². The molecule has 0 saturated heterocycles. The first-order chi connectivity index (χ1) is 14.0. The van der Waals surface area contributed by atoms with Crippen molar-refractivity contribution in [3.63, 3.8) is 0 Å². The molecule has 0 radical (unpaired) electrons. The number of ether oxygens (including phenoxy) is 1. The number of fused-ring (bicyclic) bond motifs is 1. The molecular weight excluding hydrogens is 384 g/mol. The Morgan fingerprint density at radius 2 is 2.03 bits per heavy atom. The van der Waals surface area contributed by atoms with Crippen LogP contribution in [0.4, 0.5) is 0 Å². The SMILES string of the molecule is CC(=O)N(CC(=O)N1CCc2sccc2[C@@H]1COc1ccccc1C)CC1CC1. The van der Waals surface area contributed by atoms with Gasteiger partial charge in [-0.1, -0.05) is 18.2 Å². The number of hydrogen-bond acceptors (Lipinski definition) is 4. The summed E-state index contributed by atoms with van der Waals surface area (Å²) in [5.41, 5.74) is 2.26. The van der Waals surface area contributed by atoms with Crippen LogP contribution in [0.2, 0.25) is 0 Å². The van der Waals surface area contributed by atoms with Crippen LogP contribution < -0.4 is 4.74 Å². The summed E-state index contributed by atoms with van der Waals surface area (Å²) in [4.78, 5) is 30.2. The number of hydrogen-bond donors (Lipinski definition) is 0. The molecule has 1 aromatic carbocycles. The minimum atomic E-state index is -0.119. The van der Waals surface area contributed by atoms with Crippen molar-refractivity contribution in [2.24, 2.45) is 5.92 Å². The average Bonchev–Trinajstić information content (AvgIpc) is 3.39. The van der Waals surface area contributed by atoms with Crippen LogP contribution in [0.5, 0.6) is 5.75 Å². The predicted octanol–water partition coefficient (Wildman–Crippen LogP) is 3.82. The molecule has 2 aliphatic rings. The van der Waals surface area contributed by atoms with Gasteiger partial charge in [0.15, 0.2) is 0 Å². The van der Waals surface area contributed by atoms with Crippen molar-refractivity contribution in [2.75, 3.05) is 26.2 Å². The highest BCUT2D eigenvalue weighted by atomic mass is 32.1. The number of carbonyl (C=O) groups is 2. The zero-order valence-corrected chi connectivity index (χ0v) is 17.9. The number of aryl methyl sites for hydroxylation is 1. The Hall–Kier alpha value is -2.34. The molecule has 1 aromatic heterocycles. The predicted molar refractivity (Wildman–Crippen MR) is 114 cm³/mol. The summed E-state index contributed by atoms with van der Waals surface area (Å²) in [5.74, 6) is 1.40. The van der Waals surface area contributed by atoms with E-state index in [2.05, 4.69) is 11.4 Å². The van der Waals surface area contributed by atoms with Crippen LogP contribution in [-0.4, -0.2) is 47.9 Å². The highest BCUT2D eigenvalue weighted by molar-refractivity contribution is 7.10. The molecule has 154 valence electrons. The summed E-state index contributed by atoms with van der Waals surface area (Å²) in [6.07, 6.45) is 3.18. The molecule has 29 heavy (non-hydrogen) atoms. The molecule has 6 heteroatoms. The molecule has 2 heterocycles. The summed E-state index contributed by atoms with van der Waals surface area (Å²) in [5, 5.41) is 2.09. The second-order valence-electron chi connectivity index (χ2n) is 8.07. The van der Waals surface area contributed by atoms with Crippen LogP contribution in [-0.2, 0) is 16.0 Å². The van der Waals surface area contributed by atoms with Crippen LogP contribution in [0.3, 0.4) is 0 Å². The molecule has 0 unspecified atom stereocenters. The van der Waals surface area contributed by atoms with Gasteiger partial charge in [0.1, 0.15) is 12.4 Å². The molecule has 4 rings (SSSR count). The third kappa shape index (κ3) is 4.64. The molecule has 2 amide bonds. The molecule has 1 atom stereocenters. The van der Waals surface area contributed by atoms with Gasteiger partial charge in [0.2, 0.25) is 11.8 Å². The number of benzene rings is 1. The van der Waals surface area contributed by atoms with E-state index in [4.69, 9.17) is 4.74 Å². The largest absolute Gasteiger partial charge is 0.491 e. The van der Waals surface area contributed by atoms with Crippen LogP contribution in [0.15, 0.2) is 35.7 Å². The fourth-order valence-electron chi connectivity index (χ4n) is 3.93. The Labute approximate surface area is 176 Å². The van der Waals surface area contributed by atoms with Gasteiger partial charge in [-0.15, -0.1) is 11.3 Å². The topological polar surface area (TPSA) is 49.9 Å². The number of carbonyl (C=O) groups excluding carboxylic acids is 2. The van der Waals surface area contributed by atoms with Crippen molar-refractivity contribution < 1.29 is 14.3 Å². The lowest BCUT2D eigenvalue weighted by atomic mass is 10.0. The van der Waals surface area contributed by atoms with E-state index in [0.29, 0.717) is 25.6 Å². The van der Waals surface area contributed by atoms with E-state index in [0.717, 1.165) is 30.6 Å². The second kappa shape index (κ2) is 8.57. The molecule has 1 aliphatic carbocycles. The molecule has 0 spiro atoms. The van der Waals surface area contributed by atoms with E-state index in [-0.39, 0.29) is 24.4 Å². The van der Waals surface area contributed by atoms with Crippen molar-refractivity contribution in [1.29, 1.82) is 0 Å². The van der Waals surface area contributed by atoms with E-state index in [9.17, 15) is 9.59 Å². The second-order valence-corrected chi connectivity index (χ2v) is 9.07. The van der Waals surface area contributed by atoms with Gasteiger partial charge < -0.3 is 14.5 Å². The Morgan fingerprint density at radius 1 is 1.24 bits per heavy atom. The zero-order chi connectivity index (χ0) is 20.4. The minimum absolute atomic E-state index is 0.0103. The highest BCUT2D eigenvalue weighted by Gasteiger charge is 2.34. The lowest BCUT2D eigenvalue weighted by molar-refractivity contribution is -0.142. The maximum atomic E-state index is 13.2. The molecule has 5 nitrogen and oxygen atoms in total. The lowest BCUT2D eigenvalue weighted by Gasteiger charge is -2.37. The van der Waals surface area contributed by atoms with Gasteiger partial charge in [0.25, 0.3) is 0 Å². The summed E-state index contributed by atoms with van der Waals surface area (Å²) in [6.45, 7) is 5.53. The molecule has 1 saturated carbocycles. The maximum Gasteiger partial charge on any atom is 0.242 e. The van der Waals surface area contributed by atoms with E-state index < -0.39 is 0 Å². The van der Waals surface area contributed by atoms with Gasteiger partial charge in [-0.3, -0.25) is 9.59 Å². The van der Waals surface area contributed by atoms with Crippen LogP contribution in [0, 0.1) is 12.8 Å². The number of para-hydroxylation sites is 1. The minimum Gasteiger partial charge on any atom is -0.491 e. The third-order valence-corrected chi connectivity index (χ3v) is 6.85. The van der Waals surface area contributed by atoms with Crippen LogP contribution in [0.1, 0.15) is 41.8 Å². The lowest BCUT2D eigenvalue weighted by Crippen LogP contribution is -2.47. The van der Waals surface area contributed by atoms with Gasteiger partial charge in [0, 0.05) is 24.9 Å². The van der Waals surface area contributed by atoms with Crippen molar-refractivity contribution >= 4 is 23.2 Å². The Morgan fingerprint density at radius 3 is 2.76 bits per heavy atom. The molecule has 1 fully saturated rings. The number of amides is 2. The van der Waals surface area contributed by atoms with E-state index in [1.54, 1.807) is 23.2 Å². The fraction of sp³-hybridized carbons (Fsp3) is 0.478. The van der Waals surface area contributed by atoms with Crippen molar-refractivity contribution in [1.82, 2.24) is 9.80 Å². The number of thiophene rings is 1. The van der Waals surface area contributed by atoms with Gasteiger partial charge in [-0.2, -0.15) is 0 Å². The van der Waals surface area contributed by atoms with E-state index in [1.165, 1.54) is 10.4 Å². The summed E-state index contributed by atoms with van der Waals surface area (Å²) >= 11 is 1.75. The molecule has 0 N–H and O–H groups in total. The first kappa shape index (κ1) is 20.0. The van der Waals surface area contributed by atoms with Gasteiger partial charge >= 0.3 is 0 Å². The van der Waals surface area contributed by atoms with Gasteiger partial charge in [-0.25, -0.2) is 0 Å². The molecule has 0 bridgehead atoms. The third-order valence-electron chi connectivity index (χ3n) is 5.85. The van der Waals surface area contributed by atoms with E-state index >= 15 is 0 Å². The molecule has 1 aliphatic heterocycles. The normalized spacial score (nSPS) is 18.3. The van der Waals surface area contributed by atoms with Crippen molar-refractivity contribution in [3.05, 3.63) is 51.7 Å². The smallest absolute Gasteiger partial charge is 0.242 e. The quantitative estimate of drug-likeness (QED) is 0.695. The average molecular weight is 413 g/mol. The standard InChI is InChI=1S/C23H28N2O3S/c1-16-5-3-4-6-21(16)28-15-20-19-10-12-29-22(19)9-11-25(20)23(27)14-24(17(2)26)13-18-7-8-18/h3-6,10,12,18,20H,7-9,11,13-15H2,1-2H3/t20-/m0/s1. The first-order valence-corrected chi connectivity index (χ1v) is 11.2. The fourth-order valence-corrected chi connectivity index (χ4v) is 4.86. The van der Waals surface area contributed by atoms with Crippen molar-refractivity contribution in [2.45, 2.75) is 39.2 Å². The van der Waals surface area contributed by atoms with Crippen molar-refractivity contribution in [3.8, 4) is 5.75 Å². The highest BCUT2D eigenvalue weighted by Crippen LogP contribution is 2.35. The van der Waals surface area contributed by atoms with Crippen LogP contribution in [0.25, 0.3) is 0 Å². The molecular formula is C23H28N2O3S. The Balaban J connectivity index is 1.50. The van der Waals surface area contributed by atoms with E-state index in [1.807, 2.05) is 36.1 Å². The first-order valence-electron chi connectivity index (χ1n) is 10.3. The summed E-state index contributed by atoms with van der Waals surface area (Å²) in [6, 6.07) is 9.94. The Kier molecular flexibility index (Phi) is 5.90.